The predicted octanol–water partition coefficient (Wildman–Crippen LogP) is 2.72. The summed E-state index contributed by atoms with van der Waals surface area (Å²) in [6.45, 7) is 4.34. The van der Waals surface area contributed by atoms with E-state index in [9.17, 15) is 0 Å². The van der Waals surface area contributed by atoms with E-state index in [4.69, 9.17) is 4.74 Å². The molecule has 0 amide bonds. The van der Waals surface area contributed by atoms with Gasteiger partial charge in [0.2, 0.25) is 0 Å². The van der Waals surface area contributed by atoms with Crippen molar-refractivity contribution in [1.29, 1.82) is 0 Å². The van der Waals surface area contributed by atoms with Crippen molar-refractivity contribution < 1.29 is 4.74 Å². The first-order valence-corrected chi connectivity index (χ1v) is 8.34. The van der Waals surface area contributed by atoms with Crippen molar-refractivity contribution in [3.05, 3.63) is 35.4 Å². The molecule has 0 N–H and O–H groups in total. The Kier molecular flexibility index (Phi) is 4.94. The van der Waals surface area contributed by atoms with E-state index in [2.05, 4.69) is 48.2 Å². The first-order valence-electron chi connectivity index (χ1n) is 8.34. The van der Waals surface area contributed by atoms with Gasteiger partial charge in [-0.15, -0.1) is 0 Å². The fraction of sp³-hybridized carbons (Fsp3) is 0.667. The molecular formula is C18H28N2O. The molecule has 3 nitrogen and oxygen atoms in total. The Balaban J connectivity index is 1.73. The lowest BCUT2D eigenvalue weighted by Gasteiger charge is -2.41. The van der Waals surface area contributed by atoms with E-state index in [1.165, 1.54) is 49.9 Å². The lowest BCUT2D eigenvalue weighted by atomic mass is 9.96. The van der Waals surface area contributed by atoms with Crippen LogP contribution in [0.3, 0.4) is 0 Å². The van der Waals surface area contributed by atoms with Crippen molar-refractivity contribution in [2.45, 2.75) is 37.8 Å². The second-order valence-corrected chi connectivity index (χ2v) is 6.64. The number of ether oxygens (including phenoxy) is 1. The van der Waals surface area contributed by atoms with Gasteiger partial charge < -0.3 is 9.64 Å². The van der Waals surface area contributed by atoms with Gasteiger partial charge in [0.05, 0.1) is 12.7 Å². The molecule has 1 saturated heterocycles. The zero-order valence-electron chi connectivity index (χ0n) is 13.4. The van der Waals surface area contributed by atoms with Gasteiger partial charge in [-0.25, -0.2) is 0 Å². The van der Waals surface area contributed by atoms with Gasteiger partial charge in [-0.1, -0.05) is 24.3 Å². The molecule has 2 aliphatic rings. The largest absolute Gasteiger partial charge is 0.371 e. The average molecular weight is 288 g/mol. The number of rotatable bonds is 4. The molecule has 1 heterocycles. The second-order valence-electron chi connectivity index (χ2n) is 6.64. The first kappa shape index (κ1) is 15.0. The Morgan fingerprint density at radius 2 is 2.14 bits per heavy atom. The minimum atomic E-state index is 0.289. The summed E-state index contributed by atoms with van der Waals surface area (Å²) in [6, 6.07) is 9.46. The molecule has 0 aromatic heterocycles. The third-order valence-electron chi connectivity index (χ3n) is 4.85. The van der Waals surface area contributed by atoms with E-state index in [1.807, 2.05) is 0 Å². The normalized spacial score (nSPS) is 26.2. The van der Waals surface area contributed by atoms with Crippen molar-refractivity contribution >= 4 is 0 Å². The second kappa shape index (κ2) is 6.91. The molecule has 21 heavy (non-hydrogen) atoms. The lowest BCUT2D eigenvalue weighted by molar-refractivity contribution is -0.0751. The molecule has 0 bridgehead atoms. The minimum absolute atomic E-state index is 0.289. The summed E-state index contributed by atoms with van der Waals surface area (Å²) < 4.78 is 6.19. The van der Waals surface area contributed by atoms with Gasteiger partial charge in [0.15, 0.2) is 0 Å². The molecule has 0 saturated carbocycles. The van der Waals surface area contributed by atoms with E-state index >= 15 is 0 Å². The SMILES string of the molecule is CN(C)CCCN1CCO[C@@H]2c3ccccc3CCC[C@H]21. The quantitative estimate of drug-likeness (QED) is 0.847. The number of fused-ring (bicyclic) bond motifs is 3. The highest BCUT2D eigenvalue weighted by Gasteiger charge is 2.35. The van der Waals surface area contributed by atoms with Crippen LogP contribution in [0.2, 0.25) is 0 Å². The first-order chi connectivity index (χ1) is 10.3. The number of nitrogens with zero attached hydrogens (tertiary/aromatic N) is 2. The Labute approximate surface area is 128 Å². The van der Waals surface area contributed by atoms with Crippen LogP contribution in [0, 0.1) is 0 Å². The molecule has 1 aromatic rings. The summed E-state index contributed by atoms with van der Waals surface area (Å²) in [5.74, 6) is 0. The maximum Gasteiger partial charge on any atom is 0.0983 e. The van der Waals surface area contributed by atoms with Crippen LogP contribution in [-0.2, 0) is 11.2 Å². The number of aryl methyl sites for hydroxylation is 1. The molecule has 1 fully saturated rings. The molecule has 0 radical (unpaired) electrons. The summed E-state index contributed by atoms with van der Waals surface area (Å²) in [6.07, 6.45) is 5.29. The van der Waals surface area contributed by atoms with E-state index in [1.54, 1.807) is 0 Å². The van der Waals surface area contributed by atoms with Gasteiger partial charge in [-0.3, -0.25) is 4.90 Å². The highest BCUT2D eigenvalue weighted by atomic mass is 16.5. The van der Waals surface area contributed by atoms with Gasteiger partial charge >= 0.3 is 0 Å². The Hall–Kier alpha value is -0.900. The maximum absolute atomic E-state index is 6.19. The maximum atomic E-state index is 6.19. The molecule has 1 aromatic carbocycles. The van der Waals surface area contributed by atoms with Crippen LogP contribution in [0.25, 0.3) is 0 Å². The highest BCUT2D eigenvalue weighted by molar-refractivity contribution is 5.32. The van der Waals surface area contributed by atoms with Crippen LogP contribution in [0.15, 0.2) is 24.3 Å². The summed E-state index contributed by atoms with van der Waals surface area (Å²) >= 11 is 0. The molecule has 1 aliphatic heterocycles. The number of hydrogen-bond acceptors (Lipinski definition) is 3. The highest BCUT2D eigenvalue weighted by Crippen LogP contribution is 2.36. The van der Waals surface area contributed by atoms with Gasteiger partial charge in [0.1, 0.15) is 0 Å². The van der Waals surface area contributed by atoms with Crippen LogP contribution in [0.1, 0.15) is 36.5 Å². The van der Waals surface area contributed by atoms with Crippen molar-refractivity contribution in [3.8, 4) is 0 Å². The fourth-order valence-corrected chi connectivity index (χ4v) is 3.81. The van der Waals surface area contributed by atoms with E-state index < -0.39 is 0 Å². The summed E-state index contributed by atoms with van der Waals surface area (Å²) in [5.41, 5.74) is 2.94. The van der Waals surface area contributed by atoms with Gasteiger partial charge in [-0.05, 0) is 64.0 Å². The van der Waals surface area contributed by atoms with Gasteiger partial charge in [0.25, 0.3) is 0 Å². The summed E-state index contributed by atoms with van der Waals surface area (Å²) in [4.78, 5) is 4.96. The van der Waals surface area contributed by atoms with Crippen molar-refractivity contribution in [2.24, 2.45) is 0 Å². The Morgan fingerprint density at radius 3 is 3.00 bits per heavy atom. The van der Waals surface area contributed by atoms with Crippen LogP contribution in [-0.4, -0.2) is 56.2 Å². The third-order valence-corrected chi connectivity index (χ3v) is 4.85. The van der Waals surface area contributed by atoms with Crippen LogP contribution in [0.4, 0.5) is 0 Å². The van der Waals surface area contributed by atoms with Crippen LogP contribution < -0.4 is 0 Å². The standard InChI is InChI=1S/C18H28N2O/c1-19(2)11-6-12-20-13-14-21-18-16-9-4-3-7-15(16)8-5-10-17(18)20/h3-4,7,9,17-18H,5-6,8,10-14H2,1-2H3/t17-,18-/m1/s1. The Morgan fingerprint density at radius 1 is 1.29 bits per heavy atom. The molecule has 3 rings (SSSR count). The third kappa shape index (κ3) is 3.47. The number of benzene rings is 1. The number of hydrogen-bond donors (Lipinski definition) is 0. The fourth-order valence-electron chi connectivity index (χ4n) is 3.81. The smallest absolute Gasteiger partial charge is 0.0983 e. The predicted molar refractivity (Wildman–Crippen MR) is 86.6 cm³/mol. The lowest BCUT2D eigenvalue weighted by Crippen LogP contribution is -2.47. The molecule has 0 unspecified atom stereocenters. The van der Waals surface area contributed by atoms with Crippen molar-refractivity contribution in [2.75, 3.05) is 40.3 Å². The van der Waals surface area contributed by atoms with Gasteiger partial charge in [0, 0.05) is 12.6 Å². The summed E-state index contributed by atoms with van der Waals surface area (Å²) in [5, 5.41) is 0. The molecule has 1 aliphatic carbocycles. The molecule has 116 valence electrons. The van der Waals surface area contributed by atoms with Crippen LogP contribution >= 0.6 is 0 Å². The average Bonchev–Trinajstić information content (AvgIpc) is 2.67. The zero-order valence-corrected chi connectivity index (χ0v) is 13.4. The Bertz CT molecular complexity index is 460. The molecule has 3 heteroatoms. The minimum Gasteiger partial charge on any atom is -0.371 e. The van der Waals surface area contributed by atoms with E-state index in [-0.39, 0.29) is 6.10 Å². The van der Waals surface area contributed by atoms with Crippen LogP contribution in [0.5, 0.6) is 0 Å². The van der Waals surface area contributed by atoms with E-state index in [0.29, 0.717) is 6.04 Å². The molecule has 2 atom stereocenters. The number of morpholine rings is 1. The topological polar surface area (TPSA) is 15.7 Å². The zero-order chi connectivity index (χ0) is 14.7. The molecular weight excluding hydrogens is 260 g/mol. The van der Waals surface area contributed by atoms with Crippen molar-refractivity contribution in [1.82, 2.24) is 9.80 Å². The van der Waals surface area contributed by atoms with Gasteiger partial charge in [-0.2, -0.15) is 0 Å². The summed E-state index contributed by atoms with van der Waals surface area (Å²) in [7, 11) is 4.31. The van der Waals surface area contributed by atoms with Crippen molar-refractivity contribution in [3.63, 3.8) is 0 Å². The monoisotopic (exact) mass is 288 g/mol. The molecule has 0 spiro atoms. The van der Waals surface area contributed by atoms with E-state index in [0.717, 1.165) is 13.2 Å².